The molecule has 0 amide bonds. The molecule has 1 N–H and O–H groups in total. The van der Waals surface area contributed by atoms with Gasteiger partial charge in [0.05, 0.1) is 6.54 Å². The monoisotopic (exact) mass is 312 g/mol. The van der Waals surface area contributed by atoms with Gasteiger partial charge >= 0.3 is 0 Å². The van der Waals surface area contributed by atoms with Crippen LogP contribution in [-0.4, -0.2) is 36.4 Å². The molecule has 1 aromatic carbocycles. The van der Waals surface area contributed by atoms with E-state index in [1.807, 2.05) is 6.07 Å². The molecule has 3 heteroatoms. The number of hydrogen-bond donors (Lipinski definition) is 1. The molecule has 3 nitrogen and oxygen atoms in total. The van der Waals surface area contributed by atoms with Gasteiger partial charge in [-0.2, -0.15) is 0 Å². The Hall–Kier alpha value is -1.35. The summed E-state index contributed by atoms with van der Waals surface area (Å²) in [6, 6.07) is 6.75. The summed E-state index contributed by atoms with van der Waals surface area (Å²) in [7, 11) is 0. The van der Waals surface area contributed by atoms with Crippen LogP contribution in [0.1, 0.15) is 56.0 Å². The molecule has 2 atom stereocenters. The van der Waals surface area contributed by atoms with Crippen LogP contribution in [0, 0.1) is 10.8 Å². The molecule has 3 aliphatic rings. The molecule has 124 valence electrons. The number of carbonyl (C=O) groups excluding carboxylic acids is 1. The SMILES string of the molecule is CC1(C)CC2CC(C)(CN2CC(=O)c2ccc3c(c2)CCN3)C1. The van der Waals surface area contributed by atoms with Crippen LogP contribution in [0.25, 0.3) is 0 Å². The number of fused-ring (bicyclic) bond motifs is 3. The van der Waals surface area contributed by atoms with Crippen LogP contribution < -0.4 is 5.32 Å². The topological polar surface area (TPSA) is 32.3 Å². The first-order chi connectivity index (χ1) is 10.8. The van der Waals surface area contributed by atoms with Crippen molar-refractivity contribution in [2.45, 2.75) is 52.5 Å². The van der Waals surface area contributed by atoms with E-state index in [2.05, 4.69) is 43.1 Å². The molecule has 2 aliphatic heterocycles. The van der Waals surface area contributed by atoms with Crippen LogP contribution >= 0.6 is 0 Å². The minimum Gasteiger partial charge on any atom is -0.384 e. The fourth-order valence-electron chi connectivity index (χ4n) is 5.52. The molecule has 2 fully saturated rings. The van der Waals surface area contributed by atoms with Crippen molar-refractivity contribution in [1.82, 2.24) is 4.90 Å². The Morgan fingerprint density at radius 2 is 2.13 bits per heavy atom. The Bertz CT molecular complexity index is 651. The lowest BCUT2D eigenvalue weighted by atomic mass is 9.65. The quantitative estimate of drug-likeness (QED) is 0.863. The molecule has 0 spiro atoms. The Balaban J connectivity index is 1.49. The molecule has 1 aliphatic carbocycles. The number of Topliss-reactive ketones (excluding diaryl/α,β-unsaturated/α-hetero) is 1. The van der Waals surface area contributed by atoms with Crippen molar-refractivity contribution in [3.05, 3.63) is 29.3 Å². The fraction of sp³-hybridized carbons (Fsp3) is 0.650. The average molecular weight is 312 g/mol. The van der Waals surface area contributed by atoms with Gasteiger partial charge in [0.15, 0.2) is 5.78 Å². The Kier molecular flexibility index (Phi) is 3.35. The third-order valence-corrected chi connectivity index (χ3v) is 6.01. The van der Waals surface area contributed by atoms with E-state index in [0.717, 1.165) is 25.1 Å². The number of ketones is 1. The van der Waals surface area contributed by atoms with Crippen molar-refractivity contribution >= 4 is 11.5 Å². The van der Waals surface area contributed by atoms with Gasteiger partial charge in [-0.25, -0.2) is 0 Å². The largest absolute Gasteiger partial charge is 0.384 e. The summed E-state index contributed by atoms with van der Waals surface area (Å²) < 4.78 is 0. The smallest absolute Gasteiger partial charge is 0.176 e. The molecule has 0 radical (unpaired) electrons. The van der Waals surface area contributed by atoms with Crippen molar-refractivity contribution in [3.8, 4) is 0 Å². The van der Waals surface area contributed by atoms with Crippen molar-refractivity contribution < 1.29 is 4.79 Å². The number of carbonyl (C=O) groups is 1. The van der Waals surface area contributed by atoms with E-state index in [0.29, 0.717) is 23.4 Å². The lowest BCUT2D eigenvalue weighted by molar-refractivity contribution is 0.0900. The number of likely N-dealkylation sites (tertiary alicyclic amines) is 1. The predicted molar refractivity (Wildman–Crippen MR) is 94.1 cm³/mol. The molecular weight excluding hydrogens is 284 g/mol. The summed E-state index contributed by atoms with van der Waals surface area (Å²) in [5, 5.41) is 3.36. The minimum absolute atomic E-state index is 0.286. The van der Waals surface area contributed by atoms with Crippen molar-refractivity contribution in [1.29, 1.82) is 0 Å². The highest BCUT2D eigenvalue weighted by Crippen LogP contribution is 2.52. The number of benzene rings is 1. The van der Waals surface area contributed by atoms with E-state index in [1.165, 1.54) is 30.5 Å². The lowest BCUT2D eigenvalue weighted by Crippen LogP contribution is -2.36. The number of anilines is 1. The molecular formula is C20H28N2O. The summed E-state index contributed by atoms with van der Waals surface area (Å²) >= 11 is 0. The second-order valence-corrected chi connectivity index (χ2v) is 9.09. The maximum atomic E-state index is 12.8. The van der Waals surface area contributed by atoms with Gasteiger partial charge in [0, 0.05) is 30.4 Å². The molecule has 1 aromatic rings. The zero-order chi connectivity index (χ0) is 16.2. The fourth-order valence-corrected chi connectivity index (χ4v) is 5.52. The molecule has 1 saturated heterocycles. The maximum Gasteiger partial charge on any atom is 0.176 e. The Morgan fingerprint density at radius 3 is 2.96 bits per heavy atom. The predicted octanol–water partition coefficient (Wildman–Crippen LogP) is 3.74. The molecule has 2 bridgehead atoms. The standard InChI is InChI=1S/C20H28N2O/c1-19(2)9-16-10-20(3,12-19)13-22(16)11-18(23)15-4-5-17-14(8-15)6-7-21-17/h4-5,8,16,21H,6-7,9-13H2,1-3H3. The first kappa shape index (κ1) is 15.2. The molecule has 2 unspecified atom stereocenters. The molecule has 4 rings (SSSR count). The van der Waals surface area contributed by atoms with Crippen LogP contribution in [0.4, 0.5) is 5.69 Å². The van der Waals surface area contributed by atoms with Gasteiger partial charge in [0.25, 0.3) is 0 Å². The van der Waals surface area contributed by atoms with Gasteiger partial charge < -0.3 is 5.32 Å². The summed E-state index contributed by atoms with van der Waals surface area (Å²) in [4.78, 5) is 15.3. The third kappa shape index (κ3) is 2.80. The summed E-state index contributed by atoms with van der Waals surface area (Å²) in [5.41, 5.74) is 4.19. The van der Waals surface area contributed by atoms with Crippen molar-refractivity contribution in [2.75, 3.05) is 25.0 Å². The van der Waals surface area contributed by atoms with Gasteiger partial charge in [-0.1, -0.05) is 20.8 Å². The van der Waals surface area contributed by atoms with Gasteiger partial charge in [0.1, 0.15) is 0 Å². The third-order valence-electron chi connectivity index (χ3n) is 6.01. The highest BCUT2D eigenvalue weighted by atomic mass is 16.1. The van der Waals surface area contributed by atoms with Crippen LogP contribution in [0.5, 0.6) is 0 Å². The summed E-state index contributed by atoms with van der Waals surface area (Å²) in [6.07, 6.45) is 4.81. The maximum absolute atomic E-state index is 12.8. The zero-order valence-electron chi connectivity index (χ0n) is 14.6. The number of hydrogen-bond acceptors (Lipinski definition) is 3. The molecule has 2 heterocycles. The highest BCUT2D eigenvalue weighted by molar-refractivity contribution is 5.98. The van der Waals surface area contributed by atoms with Crippen LogP contribution in [-0.2, 0) is 6.42 Å². The van der Waals surface area contributed by atoms with Crippen LogP contribution in [0.3, 0.4) is 0 Å². The normalized spacial score (nSPS) is 31.7. The van der Waals surface area contributed by atoms with E-state index in [1.54, 1.807) is 0 Å². The first-order valence-corrected chi connectivity index (χ1v) is 8.98. The lowest BCUT2D eigenvalue weighted by Gasteiger charge is -2.39. The second kappa shape index (κ2) is 5.07. The summed E-state index contributed by atoms with van der Waals surface area (Å²) in [5.74, 6) is 0.286. The van der Waals surface area contributed by atoms with Gasteiger partial charge in [-0.05, 0) is 60.3 Å². The van der Waals surface area contributed by atoms with E-state index in [4.69, 9.17) is 0 Å². The van der Waals surface area contributed by atoms with E-state index >= 15 is 0 Å². The van der Waals surface area contributed by atoms with Gasteiger partial charge in [0.2, 0.25) is 0 Å². The van der Waals surface area contributed by atoms with Crippen molar-refractivity contribution in [3.63, 3.8) is 0 Å². The van der Waals surface area contributed by atoms with E-state index < -0.39 is 0 Å². The van der Waals surface area contributed by atoms with Gasteiger partial charge in [-0.3, -0.25) is 9.69 Å². The number of nitrogens with one attached hydrogen (secondary N) is 1. The molecule has 0 aromatic heterocycles. The summed E-state index contributed by atoms with van der Waals surface area (Å²) in [6.45, 7) is 9.84. The minimum atomic E-state index is 0.286. The Morgan fingerprint density at radius 1 is 1.30 bits per heavy atom. The number of rotatable bonds is 3. The van der Waals surface area contributed by atoms with Crippen LogP contribution in [0.2, 0.25) is 0 Å². The molecule has 23 heavy (non-hydrogen) atoms. The highest BCUT2D eigenvalue weighted by Gasteiger charge is 2.49. The number of nitrogens with zero attached hydrogens (tertiary/aromatic N) is 1. The average Bonchev–Trinajstić information content (AvgIpc) is 2.99. The first-order valence-electron chi connectivity index (χ1n) is 8.98. The van der Waals surface area contributed by atoms with E-state index in [-0.39, 0.29) is 5.78 Å². The van der Waals surface area contributed by atoms with E-state index in [9.17, 15) is 4.79 Å². The van der Waals surface area contributed by atoms with Gasteiger partial charge in [-0.15, -0.1) is 0 Å². The Labute approximate surface area is 139 Å². The van der Waals surface area contributed by atoms with Crippen molar-refractivity contribution in [2.24, 2.45) is 10.8 Å². The molecule has 1 saturated carbocycles. The van der Waals surface area contributed by atoms with Crippen LogP contribution in [0.15, 0.2) is 18.2 Å². The second-order valence-electron chi connectivity index (χ2n) is 9.09. The zero-order valence-corrected chi connectivity index (χ0v) is 14.6.